The van der Waals surface area contributed by atoms with Crippen molar-refractivity contribution in [2.24, 2.45) is 4.99 Å². The first-order valence-electron chi connectivity index (χ1n) is 6.63. The first-order chi connectivity index (χ1) is 10.9. The van der Waals surface area contributed by atoms with Gasteiger partial charge in [0.15, 0.2) is 5.17 Å². The Morgan fingerprint density at radius 1 is 1.13 bits per heavy atom. The van der Waals surface area contributed by atoms with E-state index in [1.54, 1.807) is 43.7 Å². The molecule has 0 spiro atoms. The van der Waals surface area contributed by atoms with Crippen molar-refractivity contribution < 1.29 is 17.9 Å². The molecule has 0 fully saturated rings. The molecule has 3 nitrogen and oxygen atoms in total. The fourth-order valence-electron chi connectivity index (χ4n) is 1.80. The number of hydrogen-bond acceptors (Lipinski definition) is 3. The van der Waals surface area contributed by atoms with Crippen LogP contribution in [0.1, 0.15) is 5.56 Å². The van der Waals surface area contributed by atoms with E-state index in [2.05, 4.69) is 10.3 Å². The summed E-state index contributed by atoms with van der Waals surface area (Å²) in [4.78, 5) is 4.37. The van der Waals surface area contributed by atoms with E-state index >= 15 is 0 Å². The number of rotatable bonds is 3. The lowest BCUT2D eigenvalue weighted by Crippen LogP contribution is -2.09. The zero-order valence-corrected chi connectivity index (χ0v) is 13.3. The molecule has 0 radical (unpaired) electrons. The molecule has 0 bridgehead atoms. The van der Waals surface area contributed by atoms with Gasteiger partial charge in [-0.2, -0.15) is 13.2 Å². The number of amidine groups is 1. The number of thioether (sulfide) groups is 1. The molecule has 0 saturated heterocycles. The van der Waals surface area contributed by atoms with Crippen LogP contribution in [0, 0.1) is 0 Å². The maximum atomic E-state index is 12.7. The molecule has 7 heteroatoms. The molecule has 23 heavy (non-hydrogen) atoms. The molecule has 0 atom stereocenters. The molecule has 0 aliphatic carbocycles. The van der Waals surface area contributed by atoms with Gasteiger partial charge in [0.25, 0.3) is 0 Å². The molecule has 2 rings (SSSR count). The Kier molecular flexibility index (Phi) is 5.54. The zero-order chi connectivity index (χ0) is 16.9. The number of anilines is 1. The van der Waals surface area contributed by atoms with Crippen LogP contribution >= 0.6 is 11.8 Å². The van der Waals surface area contributed by atoms with E-state index in [9.17, 15) is 13.2 Å². The minimum atomic E-state index is -4.37. The monoisotopic (exact) mass is 340 g/mol. The molecule has 0 aromatic heterocycles. The summed E-state index contributed by atoms with van der Waals surface area (Å²) in [6, 6.07) is 12.1. The van der Waals surface area contributed by atoms with E-state index < -0.39 is 11.7 Å². The van der Waals surface area contributed by atoms with E-state index in [1.807, 2.05) is 0 Å². The third-order valence-electron chi connectivity index (χ3n) is 2.94. The molecule has 2 aromatic rings. The van der Waals surface area contributed by atoms with Crippen molar-refractivity contribution in [1.82, 2.24) is 0 Å². The molecule has 122 valence electrons. The molecule has 0 saturated carbocycles. The number of hydrogen-bond donors (Lipinski definition) is 1. The standard InChI is InChI=1S/C16H15F3N2OS/c1-22-14-8-6-12(7-9-14)20-15(23-2)21-13-5-3-4-11(10-13)16(17,18)19/h3-10H,1-2H3,(H,20,21). The molecule has 0 amide bonds. The lowest BCUT2D eigenvalue weighted by atomic mass is 10.2. The Morgan fingerprint density at radius 3 is 2.39 bits per heavy atom. The molecule has 0 aliphatic rings. The van der Waals surface area contributed by atoms with Gasteiger partial charge in [0.05, 0.1) is 18.4 Å². The van der Waals surface area contributed by atoms with Crippen molar-refractivity contribution in [3.05, 3.63) is 54.1 Å². The highest BCUT2D eigenvalue weighted by molar-refractivity contribution is 8.13. The summed E-state index contributed by atoms with van der Waals surface area (Å²) in [5.74, 6) is 0.709. The molecule has 1 N–H and O–H groups in total. The van der Waals surface area contributed by atoms with Gasteiger partial charge < -0.3 is 10.1 Å². The van der Waals surface area contributed by atoms with Gasteiger partial charge in [-0.1, -0.05) is 17.8 Å². The molecular formula is C16H15F3N2OS. The minimum absolute atomic E-state index is 0.335. The maximum absolute atomic E-state index is 12.7. The highest BCUT2D eigenvalue weighted by Crippen LogP contribution is 2.31. The largest absolute Gasteiger partial charge is 0.497 e. The third kappa shape index (κ3) is 4.92. The van der Waals surface area contributed by atoms with Crippen LogP contribution < -0.4 is 10.1 Å². The van der Waals surface area contributed by atoms with Crippen molar-refractivity contribution in [1.29, 1.82) is 0 Å². The van der Waals surface area contributed by atoms with Crippen LogP contribution in [0.2, 0.25) is 0 Å². The van der Waals surface area contributed by atoms with E-state index in [-0.39, 0.29) is 0 Å². The summed E-state index contributed by atoms with van der Waals surface area (Å²) in [5.41, 5.74) is 0.309. The van der Waals surface area contributed by atoms with Crippen molar-refractivity contribution in [2.45, 2.75) is 6.18 Å². The van der Waals surface area contributed by atoms with Gasteiger partial charge in [-0.05, 0) is 48.7 Å². The first-order valence-corrected chi connectivity index (χ1v) is 7.86. The van der Waals surface area contributed by atoms with Crippen molar-refractivity contribution in [3.63, 3.8) is 0 Å². The summed E-state index contributed by atoms with van der Waals surface area (Å²) < 4.78 is 43.3. The maximum Gasteiger partial charge on any atom is 0.416 e. The number of ether oxygens (including phenoxy) is 1. The quantitative estimate of drug-likeness (QED) is 0.618. The number of nitrogens with one attached hydrogen (secondary N) is 1. The van der Waals surface area contributed by atoms with Gasteiger partial charge in [0, 0.05) is 5.69 Å². The van der Waals surface area contributed by atoms with E-state index in [4.69, 9.17) is 4.74 Å². The summed E-state index contributed by atoms with van der Waals surface area (Å²) >= 11 is 1.31. The van der Waals surface area contributed by atoms with E-state index in [0.29, 0.717) is 22.3 Å². The molecule has 0 aliphatic heterocycles. The highest BCUT2D eigenvalue weighted by Gasteiger charge is 2.30. The highest BCUT2D eigenvalue weighted by atomic mass is 32.2. The number of methoxy groups -OCH3 is 1. The molecule has 0 unspecified atom stereocenters. The number of aliphatic imine (C=N–C) groups is 1. The SMILES string of the molecule is COc1ccc(N=C(Nc2cccc(C(F)(F)F)c2)SC)cc1. The Hall–Kier alpha value is -2.15. The lowest BCUT2D eigenvalue weighted by Gasteiger charge is -2.11. The van der Waals surface area contributed by atoms with Crippen LogP contribution in [-0.4, -0.2) is 18.5 Å². The van der Waals surface area contributed by atoms with Crippen LogP contribution in [0.3, 0.4) is 0 Å². The summed E-state index contributed by atoms with van der Waals surface area (Å²) in [7, 11) is 1.57. The second-order valence-electron chi connectivity index (χ2n) is 4.52. The number of nitrogens with zero attached hydrogens (tertiary/aromatic N) is 1. The smallest absolute Gasteiger partial charge is 0.416 e. The van der Waals surface area contributed by atoms with Gasteiger partial charge in [-0.3, -0.25) is 0 Å². The van der Waals surface area contributed by atoms with Crippen molar-refractivity contribution in [2.75, 3.05) is 18.7 Å². The Morgan fingerprint density at radius 2 is 1.83 bits per heavy atom. The predicted molar refractivity (Wildman–Crippen MR) is 88.7 cm³/mol. The van der Waals surface area contributed by atoms with Gasteiger partial charge in [0.1, 0.15) is 5.75 Å². The van der Waals surface area contributed by atoms with Crippen LogP contribution in [0.25, 0.3) is 0 Å². The summed E-state index contributed by atoms with van der Waals surface area (Å²) in [5, 5.41) is 3.39. The molecule has 2 aromatic carbocycles. The number of alkyl halides is 3. The summed E-state index contributed by atoms with van der Waals surface area (Å²) in [6.45, 7) is 0. The second kappa shape index (κ2) is 7.41. The lowest BCUT2D eigenvalue weighted by molar-refractivity contribution is -0.137. The van der Waals surface area contributed by atoms with Crippen LogP contribution in [-0.2, 0) is 6.18 Å². The number of benzene rings is 2. The normalized spacial score (nSPS) is 12.1. The van der Waals surface area contributed by atoms with Crippen LogP contribution in [0.15, 0.2) is 53.5 Å². The predicted octanol–water partition coefficient (Wildman–Crippen LogP) is 5.18. The molecular weight excluding hydrogens is 325 g/mol. The van der Waals surface area contributed by atoms with E-state index in [1.165, 1.54) is 17.8 Å². The van der Waals surface area contributed by atoms with Gasteiger partial charge >= 0.3 is 6.18 Å². The fourth-order valence-corrected chi connectivity index (χ4v) is 2.21. The fraction of sp³-hybridized carbons (Fsp3) is 0.188. The van der Waals surface area contributed by atoms with Crippen LogP contribution in [0.5, 0.6) is 5.75 Å². The second-order valence-corrected chi connectivity index (χ2v) is 5.32. The number of halogens is 3. The van der Waals surface area contributed by atoms with Gasteiger partial charge in [0.2, 0.25) is 0 Å². The average Bonchev–Trinajstić information content (AvgIpc) is 2.54. The Labute approximate surface area is 136 Å². The average molecular weight is 340 g/mol. The summed E-state index contributed by atoms with van der Waals surface area (Å²) in [6.07, 6.45) is -2.58. The minimum Gasteiger partial charge on any atom is -0.497 e. The Balaban J connectivity index is 2.20. The van der Waals surface area contributed by atoms with E-state index in [0.717, 1.165) is 12.1 Å². The van der Waals surface area contributed by atoms with Gasteiger partial charge in [-0.25, -0.2) is 4.99 Å². The molecule has 0 heterocycles. The topological polar surface area (TPSA) is 33.6 Å². The Bertz CT molecular complexity index is 684. The third-order valence-corrected chi connectivity index (χ3v) is 3.52. The van der Waals surface area contributed by atoms with Gasteiger partial charge in [-0.15, -0.1) is 0 Å². The van der Waals surface area contributed by atoms with Crippen LogP contribution in [0.4, 0.5) is 24.5 Å². The van der Waals surface area contributed by atoms with Crippen molar-refractivity contribution >= 4 is 28.3 Å². The first kappa shape index (κ1) is 17.2. The van der Waals surface area contributed by atoms with Crippen molar-refractivity contribution in [3.8, 4) is 5.75 Å². The zero-order valence-electron chi connectivity index (χ0n) is 12.5.